The molecule has 4 rings (SSSR count). The highest BCUT2D eigenvalue weighted by molar-refractivity contribution is 5.92. The lowest BCUT2D eigenvalue weighted by Gasteiger charge is -2.31. The molecule has 1 amide bonds. The monoisotopic (exact) mass is 334 g/mol. The summed E-state index contributed by atoms with van der Waals surface area (Å²) in [6, 6.07) is 13.3. The first-order valence-corrected chi connectivity index (χ1v) is 8.38. The van der Waals surface area contributed by atoms with E-state index >= 15 is 0 Å². The van der Waals surface area contributed by atoms with Crippen LogP contribution in [0.15, 0.2) is 54.9 Å². The van der Waals surface area contributed by atoms with Crippen molar-refractivity contribution in [1.29, 1.82) is 0 Å². The van der Waals surface area contributed by atoms with E-state index in [0.29, 0.717) is 24.7 Å². The average molecular weight is 334 g/mol. The number of aromatic nitrogens is 3. The Morgan fingerprint density at radius 1 is 1.08 bits per heavy atom. The van der Waals surface area contributed by atoms with Crippen molar-refractivity contribution in [3.63, 3.8) is 0 Å². The predicted molar refractivity (Wildman–Crippen MR) is 93.3 cm³/mol. The minimum atomic E-state index is -0.0241. The van der Waals surface area contributed by atoms with Crippen LogP contribution >= 0.6 is 0 Å². The number of likely N-dealkylation sites (tertiary alicyclic amines) is 1. The van der Waals surface area contributed by atoms with Gasteiger partial charge in [-0.2, -0.15) is 5.10 Å². The standard InChI is InChI=1S/C19H18N4O2/c24-19(17-7-3-4-10-20-17)23-11-8-15(9-12-23)25-18-16-6-2-1-5-14(16)13-21-22-18/h1-7,10,13,15H,8-9,11-12H2. The normalized spacial score (nSPS) is 15.3. The van der Waals surface area contributed by atoms with Crippen LogP contribution in [0.1, 0.15) is 23.3 Å². The second-order valence-electron chi connectivity index (χ2n) is 6.06. The van der Waals surface area contributed by atoms with Gasteiger partial charge in [-0.25, -0.2) is 0 Å². The zero-order valence-electron chi connectivity index (χ0n) is 13.7. The Morgan fingerprint density at radius 2 is 1.88 bits per heavy atom. The smallest absolute Gasteiger partial charge is 0.272 e. The van der Waals surface area contributed by atoms with Crippen molar-refractivity contribution in [3.8, 4) is 5.88 Å². The van der Waals surface area contributed by atoms with E-state index in [1.54, 1.807) is 18.5 Å². The number of carbonyl (C=O) groups is 1. The molecule has 3 aromatic rings. The van der Waals surface area contributed by atoms with E-state index in [1.165, 1.54) is 0 Å². The van der Waals surface area contributed by atoms with Gasteiger partial charge in [-0.1, -0.05) is 24.3 Å². The number of hydrogen-bond donors (Lipinski definition) is 0. The van der Waals surface area contributed by atoms with E-state index in [4.69, 9.17) is 4.74 Å². The molecule has 6 nitrogen and oxygen atoms in total. The fourth-order valence-corrected chi connectivity index (χ4v) is 3.07. The number of carbonyl (C=O) groups excluding carboxylic acids is 1. The minimum Gasteiger partial charge on any atom is -0.473 e. The van der Waals surface area contributed by atoms with Crippen molar-refractivity contribution in [3.05, 3.63) is 60.6 Å². The Morgan fingerprint density at radius 3 is 2.68 bits per heavy atom. The molecule has 0 bridgehead atoms. The van der Waals surface area contributed by atoms with Crippen molar-refractivity contribution in [1.82, 2.24) is 20.1 Å². The minimum absolute atomic E-state index is 0.0241. The number of fused-ring (bicyclic) bond motifs is 1. The summed E-state index contributed by atoms with van der Waals surface area (Å²) in [6.07, 6.45) is 4.94. The molecule has 25 heavy (non-hydrogen) atoms. The van der Waals surface area contributed by atoms with Crippen molar-refractivity contribution in [2.45, 2.75) is 18.9 Å². The van der Waals surface area contributed by atoms with Crippen molar-refractivity contribution in [2.75, 3.05) is 13.1 Å². The third-order valence-corrected chi connectivity index (χ3v) is 4.43. The first-order valence-electron chi connectivity index (χ1n) is 8.38. The van der Waals surface area contributed by atoms with Gasteiger partial charge < -0.3 is 9.64 Å². The Bertz CT molecular complexity index is 871. The van der Waals surface area contributed by atoms with Crippen molar-refractivity contribution >= 4 is 16.7 Å². The van der Waals surface area contributed by atoms with Crippen LogP contribution in [0.2, 0.25) is 0 Å². The maximum atomic E-state index is 12.4. The van der Waals surface area contributed by atoms with E-state index in [1.807, 2.05) is 41.3 Å². The van der Waals surface area contributed by atoms with Crippen LogP contribution in [0, 0.1) is 0 Å². The maximum absolute atomic E-state index is 12.4. The highest BCUT2D eigenvalue weighted by atomic mass is 16.5. The van der Waals surface area contributed by atoms with Gasteiger partial charge in [0, 0.05) is 42.9 Å². The Labute approximate surface area is 145 Å². The molecule has 0 radical (unpaired) electrons. The topological polar surface area (TPSA) is 68.2 Å². The Kier molecular flexibility index (Phi) is 4.24. The van der Waals surface area contributed by atoms with E-state index in [-0.39, 0.29) is 12.0 Å². The molecular formula is C19H18N4O2. The zero-order chi connectivity index (χ0) is 17.1. The number of hydrogen-bond acceptors (Lipinski definition) is 5. The van der Waals surface area contributed by atoms with Crippen LogP contribution in [0.25, 0.3) is 10.8 Å². The van der Waals surface area contributed by atoms with Gasteiger partial charge in [0.1, 0.15) is 11.8 Å². The zero-order valence-corrected chi connectivity index (χ0v) is 13.7. The van der Waals surface area contributed by atoms with E-state index in [2.05, 4.69) is 15.2 Å². The summed E-state index contributed by atoms with van der Waals surface area (Å²) in [4.78, 5) is 18.4. The molecular weight excluding hydrogens is 316 g/mol. The van der Waals surface area contributed by atoms with Gasteiger partial charge in [0.25, 0.3) is 5.91 Å². The lowest BCUT2D eigenvalue weighted by Crippen LogP contribution is -2.42. The van der Waals surface area contributed by atoms with E-state index < -0.39 is 0 Å². The summed E-state index contributed by atoms with van der Waals surface area (Å²) in [6.45, 7) is 1.30. The molecule has 6 heteroatoms. The van der Waals surface area contributed by atoms with Crippen LogP contribution in [0.3, 0.4) is 0 Å². The van der Waals surface area contributed by atoms with Crippen molar-refractivity contribution in [2.24, 2.45) is 0 Å². The summed E-state index contributed by atoms with van der Waals surface area (Å²) < 4.78 is 6.08. The summed E-state index contributed by atoms with van der Waals surface area (Å²) in [5, 5.41) is 10.1. The third kappa shape index (κ3) is 3.28. The highest BCUT2D eigenvalue weighted by Gasteiger charge is 2.25. The molecule has 0 atom stereocenters. The first kappa shape index (κ1) is 15.5. The molecule has 0 saturated carbocycles. The SMILES string of the molecule is O=C(c1ccccn1)N1CCC(Oc2nncc3ccccc23)CC1. The lowest BCUT2D eigenvalue weighted by molar-refractivity contribution is 0.0584. The molecule has 1 aliphatic rings. The largest absolute Gasteiger partial charge is 0.473 e. The molecule has 0 spiro atoms. The molecule has 0 unspecified atom stereocenters. The number of ether oxygens (including phenoxy) is 1. The molecule has 2 aromatic heterocycles. The summed E-state index contributed by atoms with van der Waals surface area (Å²) in [5.41, 5.74) is 0.488. The van der Waals surface area contributed by atoms with Gasteiger partial charge in [0.2, 0.25) is 5.88 Å². The van der Waals surface area contributed by atoms with Crippen LogP contribution in [-0.2, 0) is 0 Å². The van der Waals surface area contributed by atoms with E-state index in [0.717, 1.165) is 23.6 Å². The van der Waals surface area contributed by atoms with Crippen LogP contribution < -0.4 is 4.74 Å². The summed E-state index contributed by atoms with van der Waals surface area (Å²) in [7, 11) is 0. The first-order chi connectivity index (χ1) is 12.3. The predicted octanol–water partition coefficient (Wildman–Crippen LogP) is 2.71. The lowest BCUT2D eigenvalue weighted by atomic mass is 10.1. The number of pyridine rings is 1. The van der Waals surface area contributed by atoms with Gasteiger partial charge in [-0.15, -0.1) is 5.10 Å². The van der Waals surface area contributed by atoms with Gasteiger partial charge in [-0.05, 0) is 18.2 Å². The van der Waals surface area contributed by atoms with E-state index in [9.17, 15) is 4.79 Å². The quantitative estimate of drug-likeness (QED) is 0.737. The van der Waals surface area contributed by atoms with Crippen LogP contribution in [0.5, 0.6) is 5.88 Å². The molecule has 1 saturated heterocycles. The van der Waals surface area contributed by atoms with Crippen LogP contribution in [-0.4, -0.2) is 45.2 Å². The molecule has 0 aliphatic carbocycles. The second-order valence-corrected chi connectivity index (χ2v) is 6.06. The fourth-order valence-electron chi connectivity index (χ4n) is 3.07. The number of amides is 1. The van der Waals surface area contributed by atoms with Crippen molar-refractivity contribution < 1.29 is 9.53 Å². The summed E-state index contributed by atoms with van der Waals surface area (Å²) >= 11 is 0. The third-order valence-electron chi connectivity index (χ3n) is 4.43. The molecule has 126 valence electrons. The second kappa shape index (κ2) is 6.84. The molecule has 1 fully saturated rings. The maximum Gasteiger partial charge on any atom is 0.272 e. The van der Waals surface area contributed by atoms with Gasteiger partial charge in [0.15, 0.2) is 0 Å². The number of piperidine rings is 1. The average Bonchev–Trinajstić information content (AvgIpc) is 2.69. The van der Waals surface area contributed by atoms with Gasteiger partial charge >= 0.3 is 0 Å². The number of nitrogens with zero attached hydrogens (tertiary/aromatic N) is 4. The molecule has 1 aliphatic heterocycles. The summed E-state index contributed by atoms with van der Waals surface area (Å²) in [5.74, 6) is 0.539. The van der Waals surface area contributed by atoms with Crippen LogP contribution in [0.4, 0.5) is 0 Å². The fraction of sp³-hybridized carbons (Fsp3) is 0.263. The highest BCUT2D eigenvalue weighted by Crippen LogP contribution is 2.25. The van der Waals surface area contributed by atoms with Gasteiger partial charge in [0.05, 0.1) is 6.20 Å². The Balaban J connectivity index is 1.41. The number of benzene rings is 1. The molecule has 3 heterocycles. The number of rotatable bonds is 3. The Hall–Kier alpha value is -3.02. The molecule has 1 aromatic carbocycles. The van der Waals surface area contributed by atoms with Gasteiger partial charge in [-0.3, -0.25) is 9.78 Å². The molecule has 0 N–H and O–H groups in total.